The number of nitrogen functional groups attached to an aromatic ring is 1. The van der Waals surface area contributed by atoms with Crippen LogP contribution in [0.25, 0.3) is 0 Å². The lowest BCUT2D eigenvalue weighted by molar-refractivity contribution is 0.0972. The van der Waals surface area contributed by atoms with Crippen molar-refractivity contribution in [1.29, 1.82) is 0 Å². The zero-order chi connectivity index (χ0) is 15.4. The first-order chi connectivity index (χ1) is 9.79. The van der Waals surface area contributed by atoms with Crippen molar-refractivity contribution in [2.75, 3.05) is 17.3 Å². The van der Waals surface area contributed by atoms with Crippen LogP contribution in [0.2, 0.25) is 0 Å². The Kier molecular flexibility index (Phi) is 3.52. The summed E-state index contributed by atoms with van der Waals surface area (Å²) in [6.45, 7) is 2.04. The molecule has 0 aromatic carbocycles. The van der Waals surface area contributed by atoms with Gasteiger partial charge in [0.05, 0.1) is 10.6 Å². The second-order valence-corrected chi connectivity index (χ2v) is 9.16. The first-order valence-electron chi connectivity index (χ1n) is 7.22. The number of sulfone groups is 1. The molecule has 3 N–H and O–H groups in total. The molecule has 2 aliphatic rings. The van der Waals surface area contributed by atoms with Crippen LogP contribution in [0.3, 0.4) is 0 Å². The quantitative estimate of drug-likeness (QED) is 0.783. The Morgan fingerprint density at radius 2 is 1.95 bits per heavy atom. The van der Waals surface area contributed by atoms with Gasteiger partial charge in [0, 0.05) is 18.2 Å². The Hall–Kier alpha value is -1.08. The SMILES string of the molecule is CC(Nc1sc(C(=O)C2CC2)c(N)c1S(C)(=O)=O)C1CC1. The summed E-state index contributed by atoms with van der Waals surface area (Å²) in [6.07, 6.45) is 5.23. The fourth-order valence-corrected chi connectivity index (χ4v) is 5.20. The van der Waals surface area contributed by atoms with Crippen LogP contribution in [0.4, 0.5) is 10.7 Å². The molecule has 0 amide bonds. The van der Waals surface area contributed by atoms with Gasteiger partial charge in [-0.15, -0.1) is 11.3 Å². The van der Waals surface area contributed by atoms with Crippen LogP contribution in [-0.2, 0) is 9.84 Å². The van der Waals surface area contributed by atoms with Gasteiger partial charge in [0.2, 0.25) is 0 Å². The van der Waals surface area contributed by atoms with E-state index >= 15 is 0 Å². The lowest BCUT2D eigenvalue weighted by atomic mass is 10.2. The van der Waals surface area contributed by atoms with Crippen molar-refractivity contribution >= 4 is 37.6 Å². The standard InChI is InChI=1S/C14H20N2O3S2/c1-7(8-3-4-8)16-14-13(21(2,18)19)10(15)12(20-14)11(17)9-5-6-9/h7-9,16H,3-6,15H2,1-2H3. The fraction of sp³-hybridized carbons (Fsp3) is 0.643. The van der Waals surface area contributed by atoms with E-state index in [1.807, 2.05) is 6.92 Å². The van der Waals surface area contributed by atoms with E-state index in [2.05, 4.69) is 5.32 Å². The molecule has 0 spiro atoms. The van der Waals surface area contributed by atoms with E-state index in [9.17, 15) is 13.2 Å². The van der Waals surface area contributed by atoms with Gasteiger partial charge in [-0.1, -0.05) is 0 Å². The number of Topliss-reactive ketones (excluding diaryl/α,β-unsaturated/α-hetero) is 1. The second-order valence-electron chi connectivity index (χ2n) is 6.18. The average Bonchev–Trinajstić information content (AvgIpc) is 3.25. The lowest BCUT2D eigenvalue weighted by Gasteiger charge is -2.13. The highest BCUT2D eigenvalue weighted by Crippen LogP contribution is 2.45. The van der Waals surface area contributed by atoms with E-state index < -0.39 is 9.84 Å². The molecule has 2 fully saturated rings. The average molecular weight is 328 g/mol. The maximum absolute atomic E-state index is 12.3. The molecule has 0 radical (unpaired) electrons. The summed E-state index contributed by atoms with van der Waals surface area (Å²) < 4.78 is 24.1. The van der Waals surface area contributed by atoms with Crippen molar-refractivity contribution in [3.05, 3.63) is 4.88 Å². The van der Waals surface area contributed by atoms with Crippen LogP contribution in [0.15, 0.2) is 4.90 Å². The number of hydrogen-bond donors (Lipinski definition) is 2. The second kappa shape index (κ2) is 4.98. The predicted octanol–water partition coefficient (Wildman–Crippen LogP) is 2.54. The van der Waals surface area contributed by atoms with Gasteiger partial charge < -0.3 is 11.1 Å². The molecule has 1 heterocycles. The van der Waals surface area contributed by atoms with E-state index in [0.29, 0.717) is 15.8 Å². The maximum atomic E-state index is 12.3. The molecule has 1 aromatic heterocycles. The minimum absolute atomic E-state index is 0.00507. The van der Waals surface area contributed by atoms with Gasteiger partial charge in [0.15, 0.2) is 15.6 Å². The molecule has 1 aromatic rings. The van der Waals surface area contributed by atoms with E-state index in [-0.39, 0.29) is 28.3 Å². The molecule has 1 atom stereocenters. The summed E-state index contributed by atoms with van der Waals surface area (Å²) >= 11 is 1.20. The maximum Gasteiger partial charge on any atom is 0.180 e. The first-order valence-corrected chi connectivity index (χ1v) is 9.93. The van der Waals surface area contributed by atoms with Crippen LogP contribution in [0.1, 0.15) is 42.3 Å². The normalized spacial score (nSPS) is 20.3. The van der Waals surface area contributed by atoms with Gasteiger partial charge in [-0.3, -0.25) is 4.79 Å². The summed E-state index contributed by atoms with van der Waals surface area (Å²) in [4.78, 5) is 12.8. The number of anilines is 2. The van der Waals surface area contributed by atoms with Crippen molar-refractivity contribution in [3.63, 3.8) is 0 Å². The molecule has 2 saturated carbocycles. The first kappa shape index (κ1) is 14.8. The molecule has 0 aliphatic heterocycles. The third kappa shape index (κ3) is 2.94. The largest absolute Gasteiger partial charge is 0.396 e. The predicted molar refractivity (Wildman–Crippen MR) is 84.7 cm³/mol. The van der Waals surface area contributed by atoms with Crippen LogP contribution < -0.4 is 11.1 Å². The van der Waals surface area contributed by atoms with Crippen molar-refractivity contribution in [3.8, 4) is 0 Å². The third-order valence-electron chi connectivity index (χ3n) is 4.13. The van der Waals surface area contributed by atoms with Crippen LogP contribution in [0, 0.1) is 11.8 Å². The van der Waals surface area contributed by atoms with E-state index in [1.165, 1.54) is 11.3 Å². The highest BCUT2D eigenvalue weighted by Gasteiger charge is 2.36. The number of carbonyl (C=O) groups excluding carboxylic acids is 1. The van der Waals surface area contributed by atoms with Gasteiger partial charge in [-0.05, 0) is 38.5 Å². The number of thiophene rings is 1. The highest BCUT2D eigenvalue weighted by atomic mass is 32.2. The topological polar surface area (TPSA) is 89.3 Å². The zero-order valence-corrected chi connectivity index (χ0v) is 13.8. The molecule has 0 saturated heterocycles. The molecule has 5 nitrogen and oxygen atoms in total. The van der Waals surface area contributed by atoms with Crippen LogP contribution in [-0.4, -0.2) is 26.5 Å². The number of hydrogen-bond acceptors (Lipinski definition) is 6. The van der Waals surface area contributed by atoms with Crippen molar-refractivity contribution < 1.29 is 13.2 Å². The summed E-state index contributed by atoms with van der Waals surface area (Å²) in [5, 5.41) is 3.79. The third-order valence-corrected chi connectivity index (χ3v) is 6.58. The van der Waals surface area contributed by atoms with Crippen LogP contribution >= 0.6 is 11.3 Å². The van der Waals surface area contributed by atoms with Gasteiger partial charge >= 0.3 is 0 Å². The summed E-state index contributed by atoms with van der Waals surface area (Å²) in [6, 6.07) is 0.201. The van der Waals surface area contributed by atoms with E-state index in [0.717, 1.165) is 31.9 Å². The number of carbonyl (C=O) groups is 1. The smallest absolute Gasteiger partial charge is 0.180 e. The van der Waals surface area contributed by atoms with E-state index in [1.54, 1.807) is 0 Å². The van der Waals surface area contributed by atoms with Crippen molar-refractivity contribution in [2.24, 2.45) is 11.8 Å². The molecule has 0 bridgehead atoms. The Labute approximate surface area is 128 Å². The van der Waals surface area contributed by atoms with Crippen molar-refractivity contribution in [2.45, 2.75) is 43.5 Å². The summed E-state index contributed by atoms with van der Waals surface area (Å²) in [5.41, 5.74) is 6.12. The molecule has 1 unspecified atom stereocenters. The molecular weight excluding hydrogens is 308 g/mol. The zero-order valence-electron chi connectivity index (χ0n) is 12.2. The summed E-state index contributed by atoms with van der Waals surface area (Å²) in [7, 11) is -3.46. The number of rotatable bonds is 6. The van der Waals surface area contributed by atoms with Crippen molar-refractivity contribution in [1.82, 2.24) is 0 Å². The molecular formula is C14H20N2O3S2. The number of nitrogens with one attached hydrogen (secondary N) is 1. The minimum Gasteiger partial charge on any atom is -0.396 e. The Morgan fingerprint density at radius 3 is 2.43 bits per heavy atom. The lowest BCUT2D eigenvalue weighted by Crippen LogP contribution is -2.18. The minimum atomic E-state index is -3.46. The monoisotopic (exact) mass is 328 g/mol. The Balaban J connectivity index is 1.99. The van der Waals surface area contributed by atoms with E-state index in [4.69, 9.17) is 5.73 Å². The Bertz CT molecular complexity index is 685. The van der Waals surface area contributed by atoms with Crippen LogP contribution in [0.5, 0.6) is 0 Å². The number of ketones is 1. The molecule has 21 heavy (non-hydrogen) atoms. The summed E-state index contributed by atoms with van der Waals surface area (Å²) in [5.74, 6) is 0.616. The van der Waals surface area contributed by atoms with Gasteiger partial charge in [0.1, 0.15) is 9.90 Å². The van der Waals surface area contributed by atoms with Gasteiger partial charge in [-0.25, -0.2) is 8.42 Å². The highest BCUT2D eigenvalue weighted by molar-refractivity contribution is 7.91. The molecule has 7 heteroatoms. The fourth-order valence-electron chi connectivity index (χ4n) is 2.53. The molecule has 3 rings (SSSR count). The molecule has 116 valence electrons. The van der Waals surface area contributed by atoms with Gasteiger partial charge in [0.25, 0.3) is 0 Å². The number of nitrogens with two attached hydrogens (primary N) is 1. The molecule has 2 aliphatic carbocycles. The Morgan fingerprint density at radius 1 is 1.33 bits per heavy atom. The van der Waals surface area contributed by atoms with Gasteiger partial charge in [-0.2, -0.15) is 0 Å².